The molecule has 1 aromatic carbocycles. The van der Waals surface area contributed by atoms with E-state index in [1.54, 1.807) is 0 Å². The Hall–Kier alpha value is -0.670. The zero-order valence-corrected chi connectivity index (χ0v) is 12.1. The topological polar surface area (TPSA) is 3.24 Å². The third-order valence-electron chi connectivity index (χ3n) is 2.96. The number of piperidine rings is 1. The number of benzene rings is 1. The van der Waals surface area contributed by atoms with E-state index in [0.717, 1.165) is 14.9 Å². The standard InChI is InChI=1S/C14H16BrNS/c15-13-6-4-12(5-7-13)14(17)8-11-16-9-2-1-3-10-16/h4-8,11H,1-3,9-10H2/b11-8+. The summed E-state index contributed by atoms with van der Waals surface area (Å²) in [7, 11) is 0. The third-order valence-corrected chi connectivity index (χ3v) is 3.86. The van der Waals surface area contributed by atoms with Gasteiger partial charge in [0.1, 0.15) is 0 Å². The van der Waals surface area contributed by atoms with Gasteiger partial charge in [0.15, 0.2) is 0 Å². The average Bonchev–Trinajstić information content (AvgIpc) is 2.38. The summed E-state index contributed by atoms with van der Waals surface area (Å²) >= 11 is 8.83. The molecule has 0 N–H and O–H groups in total. The summed E-state index contributed by atoms with van der Waals surface area (Å²) in [4.78, 5) is 3.26. The maximum Gasteiger partial charge on any atom is 0.0463 e. The molecule has 0 amide bonds. The molecular weight excluding hydrogens is 294 g/mol. The number of hydrogen-bond acceptors (Lipinski definition) is 2. The molecule has 0 atom stereocenters. The van der Waals surface area contributed by atoms with E-state index in [1.807, 2.05) is 30.3 Å². The van der Waals surface area contributed by atoms with Crippen molar-refractivity contribution in [3.05, 3.63) is 46.6 Å². The first-order valence-electron chi connectivity index (χ1n) is 5.98. The van der Waals surface area contributed by atoms with Crippen molar-refractivity contribution in [1.29, 1.82) is 0 Å². The van der Waals surface area contributed by atoms with Crippen LogP contribution >= 0.6 is 28.1 Å². The summed E-state index contributed by atoms with van der Waals surface area (Å²) in [6, 6.07) is 8.15. The highest BCUT2D eigenvalue weighted by Gasteiger charge is 2.05. The summed E-state index contributed by atoms with van der Waals surface area (Å²) in [6.07, 6.45) is 8.15. The van der Waals surface area contributed by atoms with E-state index in [4.69, 9.17) is 12.2 Å². The first-order valence-corrected chi connectivity index (χ1v) is 7.18. The van der Waals surface area contributed by atoms with Gasteiger partial charge < -0.3 is 4.90 Å². The quantitative estimate of drug-likeness (QED) is 0.468. The second kappa shape index (κ2) is 6.31. The summed E-state index contributed by atoms with van der Waals surface area (Å²) in [5.74, 6) is 0. The number of thiocarbonyl (C=S) groups is 1. The maximum absolute atomic E-state index is 5.40. The molecule has 90 valence electrons. The molecule has 1 aliphatic rings. The lowest BCUT2D eigenvalue weighted by Crippen LogP contribution is -2.24. The van der Waals surface area contributed by atoms with Gasteiger partial charge in [0.25, 0.3) is 0 Å². The van der Waals surface area contributed by atoms with Crippen LogP contribution in [0.25, 0.3) is 0 Å². The van der Waals surface area contributed by atoms with Crippen LogP contribution in [0.2, 0.25) is 0 Å². The predicted octanol–water partition coefficient (Wildman–Crippen LogP) is 4.17. The Morgan fingerprint density at radius 2 is 1.76 bits per heavy atom. The van der Waals surface area contributed by atoms with Gasteiger partial charge in [-0.25, -0.2) is 0 Å². The lowest BCUT2D eigenvalue weighted by molar-refractivity contribution is 0.310. The Kier molecular flexibility index (Phi) is 4.75. The monoisotopic (exact) mass is 309 g/mol. The van der Waals surface area contributed by atoms with E-state index < -0.39 is 0 Å². The molecule has 0 radical (unpaired) electrons. The van der Waals surface area contributed by atoms with E-state index in [-0.39, 0.29) is 0 Å². The summed E-state index contributed by atoms with van der Waals surface area (Å²) < 4.78 is 1.09. The lowest BCUT2D eigenvalue weighted by atomic mass is 10.1. The number of rotatable bonds is 3. The summed E-state index contributed by atoms with van der Waals surface area (Å²) in [5.41, 5.74) is 1.11. The minimum Gasteiger partial charge on any atom is -0.377 e. The van der Waals surface area contributed by atoms with Crippen LogP contribution in [-0.4, -0.2) is 22.9 Å². The fourth-order valence-electron chi connectivity index (χ4n) is 1.95. The second-order valence-corrected chi connectivity index (χ2v) is 5.64. The molecule has 1 aliphatic heterocycles. The molecule has 0 unspecified atom stereocenters. The molecule has 0 aromatic heterocycles. The molecule has 1 heterocycles. The fourth-order valence-corrected chi connectivity index (χ4v) is 2.41. The Balaban J connectivity index is 1.96. The molecule has 0 saturated carbocycles. The second-order valence-electron chi connectivity index (χ2n) is 4.28. The van der Waals surface area contributed by atoms with Gasteiger partial charge in [-0.05, 0) is 43.0 Å². The van der Waals surface area contributed by atoms with E-state index in [0.29, 0.717) is 0 Å². The highest BCUT2D eigenvalue weighted by atomic mass is 79.9. The van der Waals surface area contributed by atoms with Crippen molar-refractivity contribution >= 4 is 33.0 Å². The van der Waals surface area contributed by atoms with Gasteiger partial charge in [0.05, 0.1) is 0 Å². The Bertz CT molecular complexity index is 405. The zero-order valence-electron chi connectivity index (χ0n) is 9.73. The van der Waals surface area contributed by atoms with Gasteiger partial charge >= 0.3 is 0 Å². The van der Waals surface area contributed by atoms with E-state index in [9.17, 15) is 0 Å². The minimum absolute atomic E-state index is 0.906. The summed E-state index contributed by atoms with van der Waals surface area (Å²) in [5, 5.41) is 0. The number of likely N-dealkylation sites (tertiary alicyclic amines) is 1. The largest absolute Gasteiger partial charge is 0.377 e. The molecule has 0 spiro atoms. The van der Waals surface area contributed by atoms with Crippen LogP contribution in [0.3, 0.4) is 0 Å². The van der Waals surface area contributed by atoms with E-state index in [1.165, 1.54) is 32.4 Å². The van der Waals surface area contributed by atoms with E-state index >= 15 is 0 Å². The number of halogens is 1. The highest BCUT2D eigenvalue weighted by molar-refractivity contribution is 9.10. The SMILES string of the molecule is S=C(/C=C/N1CCCCC1)c1ccc(Br)cc1. The van der Waals surface area contributed by atoms with Crippen LogP contribution in [-0.2, 0) is 0 Å². The number of nitrogens with zero attached hydrogens (tertiary/aromatic N) is 1. The van der Waals surface area contributed by atoms with Crippen molar-refractivity contribution in [3.8, 4) is 0 Å². The van der Waals surface area contributed by atoms with Crippen molar-refractivity contribution in [2.24, 2.45) is 0 Å². The maximum atomic E-state index is 5.40. The Morgan fingerprint density at radius 1 is 1.12 bits per heavy atom. The molecule has 0 aliphatic carbocycles. The average molecular weight is 310 g/mol. The van der Waals surface area contributed by atoms with Gasteiger partial charge in [0, 0.05) is 28.6 Å². The molecule has 3 heteroatoms. The third kappa shape index (κ3) is 3.93. The van der Waals surface area contributed by atoms with E-state index in [2.05, 4.69) is 27.0 Å². The molecule has 0 bridgehead atoms. The van der Waals surface area contributed by atoms with Gasteiger partial charge in [-0.3, -0.25) is 0 Å². The van der Waals surface area contributed by atoms with Crippen LogP contribution in [0.5, 0.6) is 0 Å². The van der Waals surface area contributed by atoms with Gasteiger partial charge in [-0.2, -0.15) is 0 Å². The highest BCUT2D eigenvalue weighted by Crippen LogP contribution is 2.13. The number of hydrogen-bond donors (Lipinski definition) is 0. The summed E-state index contributed by atoms with van der Waals surface area (Å²) in [6.45, 7) is 2.33. The Labute approximate surface area is 117 Å². The van der Waals surface area contributed by atoms with Gasteiger partial charge in [-0.15, -0.1) is 0 Å². The van der Waals surface area contributed by atoms with Gasteiger partial charge in [0.2, 0.25) is 0 Å². The van der Waals surface area contributed by atoms with Crippen molar-refractivity contribution < 1.29 is 0 Å². The van der Waals surface area contributed by atoms with Crippen molar-refractivity contribution in [3.63, 3.8) is 0 Å². The fraction of sp³-hybridized carbons (Fsp3) is 0.357. The number of allylic oxidation sites excluding steroid dienone is 1. The molecule has 1 nitrogen and oxygen atoms in total. The van der Waals surface area contributed by atoms with Crippen molar-refractivity contribution in [1.82, 2.24) is 4.90 Å². The lowest BCUT2D eigenvalue weighted by Gasteiger charge is -2.24. The van der Waals surface area contributed by atoms with Crippen molar-refractivity contribution in [2.45, 2.75) is 19.3 Å². The predicted molar refractivity (Wildman–Crippen MR) is 80.4 cm³/mol. The smallest absolute Gasteiger partial charge is 0.0463 e. The molecule has 1 aromatic rings. The minimum atomic E-state index is 0.906. The molecule has 1 saturated heterocycles. The van der Waals surface area contributed by atoms with Crippen LogP contribution in [0.1, 0.15) is 24.8 Å². The van der Waals surface area contributed by atoms with Crippen LogP contribution in [0.15, 0.2) is 41.0 Å². The first-order chi connectivity index (χ1) is 8.25. The normalized spacial score (nSPS) is 16.4. The molecule has 1 fully saturated rings. The van der Waals surface area contributed by atoms with Crippen LogP contribution in [0, 0.1) is 0 Å². The van der Waals surface area contributed by atoms with Crippen molar-refractivity contribution in [2.75, 3.05) is 13.1 Å². The van der Waals surface area contributed by atoms with Crippen LogP contribution < -0.4 is 0 Å². The molecule has 2 rings (SSSR count). The van der Waals surface area contributed by atoms with Crippen LogP contribution in [0.4, 0.5) is 0 Å². The first kappa shape index (κ1) is 12.8. The van der Waals surface area contributed by atoms with Gasteiger partial charge in [-0.1, -0.05) is 40.3 Å². The Morgan fingerprint density at radius 3 is 2.41 bits per heavy atom. The molecular formula is C14H16BrNS. The zero-order chi connectivity index (χ0) is 12.1. The molecule has 17 heavy (non-hydrogen) atoms.